The van der Waals surface area contributed by atoms with Crippen molar-refractivity contribution in [2.75, 3.05) is 86.6 Å². The highest BCUT2D eigenvalue weighted by Crippen LogP contribution is 2.39. The van der Waals surface area contributed by atoms with E-state index in [1.54, 1.807) is 30.9 Å². The van der Waals surface area contributed by atoms with Gasteiger partial charge in [-0.25, -0.2) is 34.7 Å². The van der Waals surface area contributed by atoms with Crippen LogP contribution in [0, 0.1) is 12.8 Å². The third kappa shape index (κ3) is 10.3. The Kier molecular flexibility index (Phi) is 13.6. The van der Waals surface area contributed by atoms with Crippen LogP contribution in [0.2, 0.25) is 0 Å². The van der Waals surface area contributed by atoms with Gasteiger partial charge in [-0.05, 0) is 88.6 Å². The van der Waals surface area contributed by atoms with E-state index in [-0.39, 0.29) is 42.0 Å². The molecular formula is C51H61N13O6. The van der Waals surface area contributed by atoms with Gasteiger partial charge < -0.3 is 49.4 Å². The predicted molar refractivity (Wildman–Crippen MR) is 264 cm³/mol. The summed E-state index contributed by atoms with van der Waals surface area (Å²) in [7, 11) is 1.35. The normalized spacial score (nSPS) is 25.1. The quantitative estimate of drug-likeness (QED) is 0.115. The molecule has 5 atom stereocenters. The van der Waals surface area contributed by atoms with E-state index in [9.17, 15) is 4.79 Å². The van der Waals surface area contributed by atoms with Gasteiger partial charge in [0, 0.05) is 123 Å². The number of carbonyl (C=O) groups is 1. The molecule has 19 nitrogen and oxygen atoms in total. The maximum absolute atomic E-state index is 12.2. The fraction of sp³-hybridized carbons (Fsp3) is 0.510. The average molecular weight is 952 g/mol. The van der Waals surface area contributed by atoms with E-state index >= 15 is 0 Å². The Balaban J connectivity index is 0.819. The smallest absolute Gasteiger partial charge is 0.356 e. The highest BCUT2D eigenvalue weighted by Gasteiger charge is 2.40. The van der Waals surface area contributed by atoms with E-state index in [0.717, 1.165) is 122 Å². The van der Waals surface area contributed by atoms with Gasteiger partial charge in [0.15, 0.2) is 5.69 Å². The summed E-state index contributed by atoms with van der Waals surface area (Å²) in [4.78, 5) is 54.5. The first-order valence-corrected chi connectivity index (χ1v) is 24.9. The number of esters is 1. The van der Waals surface area contributed by atoms with E-state index in [1.165, 1.54) is 12.7 Å². The number of methoxy groups -OCH3 is 1. The molecule has 6 aromatic rings. The minimum absolute atomic E-state index is 0.0187. The molecular weight excluding hydrogens is 891 g/mol. The second-order valence-corrected chi connectivity index (χ2v) is 19.1. The summed E-state index contributed by atoms with van der Waals surface area (Å²) in [5.41, 5.74) is 7.27. The SMILES string of the molecule is COC(=O)c1cc(C)nc(NC2CCC(Oc3cc(N4CCOC(C5C[C@@H](Oc6cc(N7CCOCC7)cc7nccnc67)CC[C@H]5Nc5ncc(C6CCNC6)cn5)C4)cc4nccnc34)CC2)n1. The summed E-state index contributed by atoms with van der Waals surface area (Å²) >= 11 is 0. The summed E-state index contributed by atoms with van der Waals surface area (Å²) in [5.74, 6) is 2.54. The molecule has 3 saturated heterocycles. The number of fused-ring (bicyclic) bond motifs is 2. The molecule has 0 amide bonds. The van der Waals surface area contributed by atoms with E-state index in [0.29, 0.717) is 56.4 Å². The molecule has 2 aromatic carbocycles. The summed E-state index contributed by atoms with van der Waals surface area (Å²) in [5, 5.41) is 10.7. The Labute approximate surface area is 406 Å². The summed E-state index contributed by atoms with van der Waals surface area (Å²) in [6, 6.07) is 10.3. The molecule has 3 aliphatic heterocycles. The fourth-order valence-corrected chi connectivity index (χ4v) is 10.9. The monoisotopic (exact) mass is 951 g/mol. The number of nitrogens with zero attached hydrogens (tertiary/aromatic N) is 10. The minimum Gasteiger partial charge on any atom is -0.488 e. The number of aryl methyl sites for hydroxylation is 1. The molecule has 2 saturated carbocycles. The van der Waals surface area contributed by atoms with Gasteiger partial charge in [0.2, 0.25) is 11.9 Å². The number of morpholine rings is 2. The number of aromatic nitrogens is 8. The van der Waals surface area contributed by atoms with Crippen LogP contribution in [0.25, 0.3) is 22.1 Å². The Morgan fingerprint density at radius 1 is 0.714 bits per heavy atom. The van der Waals surface area contributed by atoms with Crippen molar-refractivity contribution in [3.8, 4) is 11.5 Å². The Hall–Kier alpha value is -6.57. The van der Waals surface area contributed by atoms with Crippen molar-refractivity contribution in [1.82, 2.24) is 45.2 Å². The standard InChI is InChI=1S/C51H61N13O6/c1-31-21-43(49(65)66-2)62-51(59-31)60-34-3-5-37(6-4-34)69-44-25-36(23-42-47(44)55-13-12-54-42)64-17-20-68-46(30-64)39-26-38(7-8-40(39)61-50-57-28-33(29-58-50)32-9-10-52-27-32)70-45-24-35(63-15-18-67-19-16-63)22-41-48(45)56-14-11-53-41/h11-14,21-25,28-29,32,34,37-40,46,52H,3-10,15-20,26-27,30H2,1-2H3,(H,57,58,61)(H,59,60,62)/t32?,34?,37?,38-,39?,40+,46?/m0/s1. The number of anilines is 4. The molecule has 5 aliphatic rings. The lowest BCUT2D eigenvalue weighted by molar-refractivity contribution is -0.0299. The van der Waals surface area contributed by atoms with Crippen molar-refractivity contribution >= 4 is 51.3 Å². The van der Waals surface area contributed by atoms with Crippen LogP contribution in [-0.2, 0) is 14.2 Å². The summed E-state index contributed by atoms with van der Waals surface area (Å²) in [6.07, 6.45) is 17.5. The van der Waals surface area contributed by atoms with Crippen molar-refractivity contribution in [2.45, 2.75) is 94.6 Å². The lowest BCUT2D eigenvalue weighted by atomic mass is 9.78. The molecule has 2 aliphatic carbocycles. The third-order valence-corrected chi connectivity index (χ3v) is 14.6. The molecule has 7 heterocycles. The summed E-state index contributed by atoms with van der Waals surface area (Å²) < 4.78 is 31.3. The number of rotatable bonds is 13. The van der Waals surface area contributed by atoms with Crippen molar-refractivity contribution in [3.63, 3.8) is 0 Å². The number of hydrogen-bond acceptors (Lipinski definition) is 19. The van der Waals surface area contributed by atoms with Crippen molar-refractivity contribution in [3.05, 3.63) is 84.5 Å². The average Bonchev–Trinajstić information content (AvgIpc) is 3.95. The van der Waals surface area contributed by atoms with E-state index in [2.05, 4.69) is 60.0 Å². The number of carbonyl (C=O) groups excluding carboxylic acids is 1. The minimum atomic E-state index is -0.486. The zero-order chi connectivity index (χ0) is 47.4. The highest BCUT2D eigenvalue weighted by atomic mass is 16.5. The molecule has 0 radical (unpaired) electrons. The van der Waals surface area contributed by atoms with Crippen LogP contribution in [0.5, 0.6) is 11.5 Å². The first-order chi connectivity index (χ1) is 34.4. The van der Waals surface area contributed by atoms with Crippen LogP contribution in [0.15, 0.2) is 67.5 Å². The lowest BCUT2D eigenvalue weighted by Crippen LogP contribution is -2.53. The van der Waals surface area contributed by atoms with Crippen LogP contribution in [-0.4, -0.2) is 142 Å². The number of hydrogen-bond donors (Lipinski definition) is 3. The zero-order valence-electron chi connectivity index (χ0n) is 39.8. The molecule has 70 heavy (non-hydrogen) atoms. The van der Waals surface area contributed by atoms with Crippen molar-refractivity contribution in [2.24, 2.45) is 5.92 Å². The molecule has 3 N–H and O–H groups in total. The maximum Gasteiger partial charge on any atom is 0.356 e. The van der Waals surface area contributed by atoms with Crippen LogP contribution in [0.1, 0.15) is 79.0 Å². The van der Waals surface area contributed by atoms with Crippen LogP contribution >= 0.6 is 0 Å². The number of ether oxygens (including phenoxy) is 5. The van der Waals surface area contributed by atoms with Crippen molar-refractivity contribution < 1.29 is 28.5 Å². The largest absolute Gasteiger partial charge is 0.488 e. The Morgan fingerprint density at radius 3 is 2.09 bits per heavy atom. The molecule has 3 unspecified atom stereocenters. The Bertz CT molecular complexity index is 2770. The van der Waals surface area contributed by atoms with Gasteiger partial charge in [-0.15, -0.1) is 0 Å². The van der Waals surface area contributed by atoms with E-state index in [4.69, 9.17) is 53.6 Å². The molecule has 366 valence electrons. The first kappa shape index (κ1) is 45.8. The Morgan fingerprint density at radius 2 is 1.39 bits per heavy atom. The topological polar surface area (TPSA) is 209 Å². The molecule has 4 aromatic heterocycles. The fourth-order valence-electron chi connectivity index (χ4n) is 10.9. The molecule has 11 rings (SSSR count). The molecule has 0 spiro atoms. The molecule has 19 heteroatoms. The van der Waals surface area contributed by atoms with Crippen LogP contribution in [0.3, 0.4) is 0 Å². The third-order valence-electron chi connectivity index (χ3n) is 14.6. The van der Waals surface area contributed by atoms with Crippen molar-refractivity contribution in [1.29, 1.82) is 0 Å². The van der Waals surface area contributed by atoms with E-state index < -0.39 is 5.97 Å². The summed E-state index contributed by atoms with van der Waals surface area (Å²) in [6.45, 7) is 8.73. The first-order valence-electron chi connectivity index (χ1n) is 24.9. The second kappa shape index (κ2) is 20.8. The van der Waals surface area contributed by atoms with Gasteiger partial charge in [0.1, 0.15) is 22.5 Å². The van der Waals surface area contributed by atoms with Gasteiger partial charge in [-0.2, -0.15) is 0 Å². The van der Waals surface area contributed by atoms with Gasteiger partial charge in [-0.1, -0.05) is 0 Å². The van der Waals surface area contributed by atoms with Gasteiger partial charge >= 0.3 is 5.97 Å². The van der Waals surface area contributed by atoms with Gasteiger partial charge in [0.05, 0.1) is 56.3 Å². The molecule has 5 fully saturated rings. The maximum atomic E-state index is 12.2. The molecule has 0 bridgehead atoms. The van der Waals surface area contributed by atoms with Crippen LogP contribution < -0.4 is 35.2 Å². The zero-order valence-corrected chi connectivity index (χ0v) is 39.8. The van der Waals surface area contributed by atoms with E-state index in [1.807, 2.05) is 19.3 Å². The van der Waals surface area contributed by atoms with Gasteiger partial charge in [-0.3, -0.25) is 9.97 Å². The number of benzene rings is 2. The lowest BCUT2D eigenvalue weighted by Gasteiger charge is -2.44. The second-order valence-electron chi connectivity index (χ2n) is 19.1. The van der Waals surface area contributed by atoms with Crippen LogP contribution in [0.4, 0.5) is 23.3 Å². The number of nitrogens with one attached hydrogen (secondary N) is 3. The van der Waals surface area contributed by atoms with Gasteiger partial charge in [0.25, 0.3) is 0 Å². The highest BCUT2D eigenvalue weighted by molar-refractivity contribution is 5.88. The predicted octanol–water partition coefficient (Wildman–Crippen LogP) is 5.90.